The summed E-state index contributed by atoms with van der Waals surface area (Å²) in [6, 6.07) is 2.09. The molecule has 0 saturated heterocycles. The van der Waals surface area contributed by atoms with Crippen molar-refractivity contribution in [3.8, 4) is 0 Å². The summed E-state index contributed by atoms with van der Waals surface area (Å²) < 4.78 is 6.34. The molecule has 102 valence electrons. The van der Waals surface area contributed by atoms with Gasteiger partial charge in [-0.05, 0) is 59.7 Å². The van der Waals surface area contributed by atoms with Gasteiger partial charge in [0.15, 0.2) is 0 Å². The van der Waals surface area contributed by atoms with Crippen LogP contribution >= 0.6 is 15.9 Å². The Kier molecular flexibility index (Phi) is 3.37. The van der Waals surface area contributed by atoms with Crippen molar-refractivity contribution in [1.29, 1.82) is 0 Å². The van der Waals surface area contributed by atoms with E-state index in [1.54, 1.807) is 6.20 Å². The number of hydrogen-bond acceptors (Lipinski definition) is 3. The van der Waals surface area contributed by atoms with Crippen molar-refractivity contribution in [2.45, 2.75) is 44.4 Å². The van der Waals surface area contributed by atoms with Crippen LogP contribution in [0.15, 0.2) is 16.7 Å². The number of ether oxygens (including phenoxy) is 1. The number of esters is 1. The normalized spacial score (nSPS) is 25.2. The Morgan fingerprint density at radius 1 is 1.58 bits per heavy atom. The maximum absolute atomic E-state index is 12.5. The number of halogens is 1. The third-order valence-corrected chi connectivity index (χ3v) is 4.64. The minimum Gasteiger partial charge on any atom is -0.465 e. The lowest BCUT2D eigenvalue weighted by molar-refractivity contribution is -0.150. The molecule has 1 atom stereocenters. The van der Waals surface area contributed by atoms with Crippen LogP contribution in [-0.2, 0) is 21.4 Å². The van der Waals surface area contributed by atoms with Gasteiger partial charge in [0.25, 0.3) is 0 Å². The summed E-state index contributed by atoms with van der Waals surface area (Å²) in [5.74, 6) is 0.608. The zero-order chi connectivity index (χ0) is 13.5. The first-order chi connectivity index (χ1) is 9.15. The Labute approximate surface area is 121 Å². The number of carbonyl (C=O) groups excluding carboxylic acids is 1. The standard InChI is InChI=1S/C15H18BrNO2/c1-2-19-14(18)15(8-10-3-4-10)6-5-11-7-12(16)9-17-13(11)15/h7,9-10H,2-6,8H2,1H3. The van der Waals surface area contributed by atoms with Gasteiger partial charge in [-0.2, -0.15) is 0 Å². The summed E-state index contributed by atoms with van der Waals surface area (Å²) in [5.41, 5.74) is 1.68. The van der Waals surface area contributed by atoms with Crippen molar-refractivity contribution in [3.63, 3.8) is 0 Å². The molecule has 1 saturated carbocycles. The predicted octanol–water partition coefficient (Wildman–Crippen LogP) is 3.39. The SMILES string of the molecule is CCOC(=O)C1(CC2CC2)CCc2cc(Br)cnc21. The van der Waals surface area contributed by atoms with E-state index in [0.29, 0.717) is 12.5 Å². The second-order valence-electron chi connectivity index (χ2n) is 5.61. The highest BCUT2D eigenvalue weighted by atomic mass is 79.9. The molecule has 19 heavy (non-hydrogen) atoms. The molecule has 1 aromatic rings. The van der Waals surface area contributed by atoms with E-state index in [1.165, 1.54) is 18.4 Å². The van der Waals surface area contributed by atoms with E-state index < -0.39 is 5.41 Å². The average Bonchev–Trinajstić information content (AvgIpc) is 3.12. The van der Waals surface area contributed by atoms with E-state index >= 15 is 0 Å². The van der Waals surface area contributed by atoms with E-state index in [1.807, 2.05) is 6.92 Å². The van der Waals surface area contributed by atoms with E-state index in [-0.39, 0.29) is 5.97 Å². The minimum absolute atomic E-state index is 0.0736. The molecule has 0 spiro atoms. The molecule has 4 heteroatoms. The highest BCUT2D eigenvalue weighted by molar-refractivity contribution is 9.10. The molecular formula is C15H18BrNO2. The fraction of sp³-hybridized carbons (Fsp3) is 0.600. The van der Waals surface area contributed by atoms with Crippen LogP contribution in [0.1, 0.15) is 43.9 Å². The summed E-state index contributed by atoms with van der Waals surface area (Å²) in [5, 5.41) is 0. The average molecular weight is 324 g/mol. The van der Waals surface area contributed by atoms with Crippen LogP contribution in [-0.4, -0.2) is 17.6 Å². The minimum atomic E-state index is -0.479. The zero-order valence-corrected chi connectivity index (χ0v) is 12.7. The van der Waals surface area contributed by atoms with E-state index in [9.17, 15) is 4.79 Å². The van der Waals surface area contributed by atoms with Gasteiger partial charge < -0.3 is 4.74 Å². The molecule has 1 aromatic heterocycles. The number of aromatic nitrogens is 1. The Morgan fingerprint density at radius 2 is 2.37 bits per heavy atom. The quantitative estimate of drug-likeness (QED) is 0.797. The summed E-state index contributed by atoms with van der Waals surface area (Å²) in [7, 11) is 0. The van der Waals surface area contributed by atoms with Crippen molar-refractivity contribution >= 4 is 21.9 Å². The topological polar surface area (TPSA) is 39.2 Å². The molecule has 0 N–H and O–H groups in total. The van der Waals surface area contributed by atoms with Crippen LogP contribution in [0.3, 0.4) is 0 Å². The van der Waals surface area contributed by atoms with E-state index in [0.717, 1.165) is 29.4 Å². The summed E-state index contributed by atoms with van der Waals surface area (Å²) >= 11 is 3.45. The first-order valence-corrected chi connectivity index (χ1v) is 7.77. The van der Waals surface area contributed by atoms with Gasteiger partial charge in [0.2, 0.25) is 0 Å². The van der Waals surface area contributed by atoms with Gasteiger partial charge in [0, 0.05) is 10.7 Å². The van der Waals surface area contributed by atoms with Crippen LogP contribution in [0.25, 0.3) is 0 Å². The number of aryl methyl sites for hydroxylation is 1. The molecule has 3 rings (SSSR count). The number of rotatable bonds is 4. The Hall–Kier alpha value is -0.900. The second-order valence-corrected chi connectivity index (χ2v) is 6.53. The number of fused-ring (bicyclic) bond motifs is 1. The lowest BCUT2D eigenvalue weighted by Crippen LogP contribution is -2.36. The molecule has 2 aliphatic carbocycles. The van der Waals surface area contributed by atoms with Gasteiger partial charge in [0.1, 0.15) is 5.41 Å². The maximum atomic E-state index is 12.5. The fourth-order valence-corrected chi connectivity index (χ4v) is 3.51. The Morgan fingerprint density at radius 3 is 3.05 bits per heavy atom. The third kappa shape index (κ3) is 2.31. The van der Waals surface area contributed by atoms with E-state index in [4.69, 9.17) is 4.74 Å². The highest BCUT2D eigenvalue weighted by Gasteiger charge is 2.50. The summed E-state index contributed by atoms with van der Waals surface area (Å²) in [6.45, 7) is 2.31. The van der Waals surface area contributed by atoms with Gasteiger partial charge >= 0.3 is 5.97 Å². The van der Waals surface area contributed by atoms with Crippen molar-refractivity contribution in [1.82, 2.24) is 4.98 Å². The Balaban J connectivity index is 1.99. The molecule has 0 aromatic carbocycles. The molecule has 0 radical (unpaired) electrons. The van der Waals surface area contributed by atoms with Crippen molar-refractivity contribution in [2.75, 3.05) is 6.61 Å². The first kappa shape index (κ1) is 13.1. The van der Waals surface area contributed by atoms with Crippen molar-refractivity contribution in [2.24, 2.45) is 5.92 Å². The van der Waals surface area contributed by atoms with Crippen LogP contribution in [0.4, 0.5) is 0 Å². The molecule has 0 amide bonds. The number of nitrogens with zero attached hydrogens (tertiary/aromatic N) is 1. The van der Waals surface area contributed by atoms with Crippen molar-refractivity contribution < 1.29 is 9.53 Å². The number of carbonyl (C=O) groups is 1. The van der Waals surface area contributed by atoms with Crippen LogP contribution < -0.4 is 0 Å². The fourth-order valence-electron chi connectivity index (χ4n) is 3.13. The maximum Gasteiger partial charge on any atom is 0.318 e. The van der Waals surface area contributed by atoms with E-state index in [2.05, 4.69) is 27.0 Å². The molecular weight excluding hydrogens is 306 g/mol. The van der Waals surface area contributed by atoms with Gasteiger partial charge in [-0.3, -0.25) is 9.78 Å². The van der Waals surface area contributed by atoms with Crippen molar-refractivity contribution in [3.05, 3.63) is 28.0 Å². The lowest BCUT2D eigenvalue weighted by atomic mass is 9.79. The second kappa shape index (κ2) is 4.89. The largest absolute Gasteiger partial charge is 0.465 e. The molecule has 3 nitrogen and oxygen atoms in total. The molecule has 0 aliphatic heterocycles. The van der Waals surface area contributed by atoms with Gasteiger partial charge in [0.05, 0.1) is 12.3 Å². The summed E-state index contributed by atoms with van der Waals surface area (Å²) in [6.07, 6.45) is 6.97. The van der Waals surface area contributed by atoms with Gasteiger partial charge in [-0.25, -0.2) is 0 Å². The van der Waals surface area contributed by atoms with Crippen LogP contribution in [0, 0.1) is 5.92 Å². The molecule has 1 fully saturated rings. The smallest absolute Gasteiger partial charge is 0.318 e. The number of pyridine rings is 1. The number of hydrogen-bond donors (Lipinski definition) is 0. The first-order valence-electron chi connectivity index (χ1n) is 6.98. The molecule has 1 heterocycles. The molecule has 1 unspecified atom stereocenters. The zero-order valence-electron chi connectivity index (χ0n) is 11.1. The molecule has 2 aliphatic rings. The third-order valence-electron chi connectivity index (χ3n) is 4.21. The van der Waals surface area contributed by atoms with Crippen LogP contribution in [0.5, 0.6) is 0 Å². The predicted molar refractivity (Wildman–Crippen MR) is 75.9 cm³/mol. The Bertz CT molecular complexity index is 513. The molecule has 0 bridgehead atoms. The van der Waals surface area contributed by atoms with Gasteiger partial charge in [-0.1, -0.05) is 12.8 Å². The summed E-state index contributed by atoms with van der Waals surface area (Å²) in [4.78, 5) is 17.1. The monoisotopic (exact) mass is 323 g/mol. The lowest BCUT2D eigenvalue weighted by Gasteiger charge is -2.27. The highest BCUT2D eigenvalue weighted by Crippen LogP contribution is 2.49. The van der Waals surface area contributed by atoms with Crippen LogP contribution in [0.2, 0.25) is 0 Å². The van der Waals surface area contributed by atoms with Gasteiger partial charge in [-0.15, -0.1) is 0 Å².